The van der Waals surface area contributed by atoms with E-state index in [9.17, 15) is 4.79 Å². The van der Waals surface area contributed by atoms with E-state index in [-0.39, 0.29) is 5.78 Å². The molecule has 550 valence electrons. The van der Waals surface area contributed by atoms with Gasteiger partial charge in [-0.25, -0.2) is 19.9 Å². The third kappa shape index (κ3) is 25.8. The van der Waals surface area contributed by atoms with Crippen molar-refractivity contribution < 1.29 is 9.21 Å². The van der Waals surface area contributed by atoms with E-state index in [0.717, 1.165) is 71.2 Å². The number of nitrogens with zero attached hydrogens (tertiary/aromatic N) is 6. The summed E-state index contributed by atoms with van der Waals surface area (Å²) in [6.45, 7) is 41.7. The van der Waals surface area contributed by atoms with Crippen molar-refractivity contribution in [3.05, 3.63) is 276 Å². The number of thiazole rings is 2. The lowest BCUT2D eigenvalue weighted by molar-refractivity contribution is -0.113. The lowest BCUT2D eigenvalue weighted by atomic mass is 9.97. The van der Waals surface area contributed by atoms with Crippen LogP contribution < -0.4 is 5.32 Å². The molecule has 0 atom stereocenters. The fourth-order valence-electron chi connectivity index (χ4n) is 11.6. The first-order valence-electron chi connectivity index (χ1n) is 37.8. The summed E-state index contributed by atoms with van der Waals surface area (Å²) in [6.07, 6.45) is 20.3. The summed E-state index contributed by atoms with van der Waals surface area (Å²) in [4.78, 5) is 40.6. The van der Waals surface area contributed by atoms with E-state index in [1.54, 1.807) is 34.9 Å². The monoisotopic (exact) mass is 1460 g/mol. The molecule has 4 aliphatic rings. The molecule has 0 unspecified atom stereocenters. The second-order valence-corrected chi connectivity index (χ2v) is 33.1. The van der Waals surface area contributed by atoms with Crippen LogP contribution in [0.4, 0.5) is 5.69 Å². The molecule has 0 bridgehead atoms. The third-order valence-electron chi connectivity index (χ3n) is 18.2. The number of allylic oxidation sites excluding steroid dienone is 5. The maximum atomic E-state index is 10.7. The lowest BCUT2D eigenvalue weighted by Gasteiger charge is -2.09. The van der Waals surface area contributed by atoms with Crippen molar-refractivity contribution in [3.8, 4) is 0 Å². The highest BCUT2D eigenvalue weighted by Crippen LogP contribution is 2.32. The SMILES string of the molecule is CC(C)C1=CCC(=O)C=C1.CC(C)C1=Cc2cccnc2C1.CC(C)Cc1ccccc1.CC(C)c1cc2cccnc2o1.CC(C)c1cc2cccnc2s1.CC(C)c1ccc2c(c1)CC=N2.CC(C)c1ccc2ccccc2c1.CC(C)c1ccc2ncsc2c1.CC(C)c1nc2c(s1)CNCC2. The molecule has 12 heteroatoms. The van der Waals surface area contributed by atoms with E-state index < -0.39 is 0 Å². The van der Waals surface area contributed by atoms with Crippen LogP contribution in [0.2, 0.25) is 0 Å². The molecule has 0 amide bonds. The van der Waals surface area contributed by atoms with E-state index >= 15 is 0 Å². The van der Waals surface area contributed by atoms with Gasteiger partial charge in [0.05, 0.1) is 37.8 Å². The first-order chi connectivity index (χ1) is 50.4. The average Bonchev–Trinajstić information content (AvgIpc) is 1.83. The van der Waals surface area contributed by atoms with Crippen LogP contribution in [0.5, 0.6) is 0 Å². The van der Waals surface area contributed by atoms with Gasteiger partial charge in [-0.2, -0.15) is 0 Å². The Morgan fingerprint density at radius 3 is 1.82 bits per heavy atom. The highest BCUT2D eigenvalue weighted by atomic mass is 32.1. The van der Waals surface area contributed by atoms with Crippen LogP contribution in [-0.4, -0.2) is 43.5 Å². The number of furan rings is 1. The summed E-state index contributed by atoms with van der Waals surface area (Å²) < 4.78 is 6.81. The Hall–Kier alpha value is -8.65. The Kier molecular flexibility index (Phi) is 32.3. The van der Waals surface area contributed by atoms with Gasteiger partial charge in [-0.1, -0.05) is 252 Å². The first-order valence-corrected chi connectivity index (χ1v) is 40.3. The van der Waals surface area contributed by atoms with Crippen molar-refractivity contribution in [3.63, 3.8) is 0 Å². The van der Waals surface area contributed by atoms with Gasteiger partial charge in [0.15, 0.2) is 5.78 Å². The second-order valence-electron chi connectivity index (χ2n) is 30.0. The van der Waals surface area contributed by atoms with Crippen molar-refractivity contribution in [2.24, 2.45) is 22.7 Å². The fourth-order valence-corrected chi connectivity index (χ4v) is 14.5. The van der Waals surface area contributed by atoms with Crippen molar-refractivity contribution >= 4 is 100 Å². The number of aromatic nitrogens is 5. The summed E-state index contributed by atoms with van der Waals surface area (Å²) in [5.41, 5.74) is 18.6. The van der Waals surface area contributed by atoms with Crippen LogP contribution in [0.1, 0.15) is 232 Å². The molecule has 1 N–H and O–H groups in total. The van der Waals surface area contributed by atoms with Crippen LogP contribution in [0.15, 0.2) is 221 Å². The fraction of sp³-hybridized carbons (Fsp3) is 0.366. The number of hydrogen-bond acceptors (Lipinski definition) is 12. The van der Waals surface area contributed by atoms with Crippen LogP contribution in [0.3, 0.4) is 0 Å². The molecule has 9 nitrogen and oxygen atoms in total. The van der Waals surface area contributed by atoms with E-state index in [1.807, 2.05) is 77.9 Å². The zero-order valence-electron chi connectivity index (χ0n) is 65.6. The molecule has 0 spiro atoms. The molecule has 0 fully saturated rings. The van der Waals surface area contributed by atoms with Crippen LogP contribution in [-0.2, 0) is 37.0 Å². The van der Waals surface area contributed by atoms with E-state index in [1.165, 1.54) is 98.0 Å². The second kappa shape index (κ2) is 41.3. The Labute approximate surface area is 639 Å². The average molecular weight is 1460 g/mol. The molecule has 0 saturated carbocycles. The topological polar surface area (TPSA) is 119 Å². The van der Waals surface area contributed by atoms with Crippen molar-refractivity contribution in [1.29, 1.82) is 0 Å². The molecular weight excluding hydrogens is 1340 g/mol. The summed E-state index contributed by atoms with van der Waals surface area (Å²) >= 11 is 5.37. The molecule has 5 aromatic carbocycles. The van der Waals surface area contributed by atoms with Crippen LogP contribution in [0, 0.1) is 17.8 Å². The summed E-state index contributed by atoms with van der Waals surface area (Å²) in [5, 5.41) is 9.68. The van der Waals surface area contributed by atoms with Crippen molar-refractivity contribution in [2.45, 2.75) is 199 Å². The quantitative estimate of drug-likeness (QED) is 0.144. The number of thiophene rings is 1. The number of carbonyl (C=O) groups excluding carboxylic acids is 1. The highest BCUT2D eigenvalue weighted by molar-refractivity contribution is 7.18. The minimum atomic E-state index is 0.212. The first kappa shape index (κ1) is 82.0. The summed E-state index contributed by atoms with van der Waals surface area (Å²) in [5.74, 6) is 6.65. The number of ketones is 1. The number of nitrogens with one attached hydrogen (secondary N) is 1. The number of rotatable bonds is 10. The summed E-state index contributed by atoms with van der Waals surface area (Å²) in [6, 6.07) is 55.3. The van der Waals surface area contributed by atoms with Crippen LogP contribution >= 0.6 is 34.0 Å². The predicted octanol–water partition coefficient (Wildman–Crippen LogP) is 26.4. The Morgan fingerprint density at radius 2 is 1.18 bits per heavy atom. The molecule has 9 heterocycles. The molecule has 0 radical (unpaired) electrons. The Balaban J connectivity index is 0.000000150. The number of hydrogen-bond donors (Lipinski definition) is 1. The number of fused-ring (bicyclic) bond motifs is 7. The number of pyridine rings is 3. The van der Waals surface area contributed by atoms with Gasteiger partial charge < -0.3 is 9.73 Å². The highest BCUT2D eigenvalue weighted by Gasteiger charge is 2.18. The largest absolute Gasteiger partial charge is 0.443 e. The number of carbonyl (C=O) groups is 1. The van der Waals surface area contributed by atoms with Gasteiger partial charge in [0.25, 0.3) is 0 Å². The van der Waals surface area contributed by atoms with E-state index in [0.29, 0.717) is 53.8 Å². The third-order valence-corrected chi connectivity index (χ3v) is 21.7. The smallest absolute Gasteiger partial charge is 0.226 e. The van der Waals surface area contributed by atoms with Crippen molar-refractivity contribution in [1.82, 2.24) is 30.2 Å². The normalized spacial score (nSPS) is 13.1. The van der Waals surface area contributed by atoms with E-state index in [2.05, 4.69) is 293 Å². The van der Waals surface area contributed by atoms with Crippen LogP contribution in [0.25, 0.3) is 48.4 Å². The van der Waals surface area contributed by atoms with Gasteiger partial charge in [0.2, 0.25) is 5.71 Å². The van der Waals surface area contributed by atoms with Gasteiger partial charge in [-0.15, -0.1) is 34.0 Å². The predicted molar refractivity (Wildman–Crippen MR) is 455 cm³/mol. The zero-order chi connectivity index (χ0) is 75.5. The molecule has 105 heavy (non-hydrogen) atoms. The van der Waals surface area contributed by atoms with Gasteiger partial charge >= 0.3 is 0 Å². The van der Waals surface area contributed by atoms with Gasteiger partial charge in [0, 0.05) is 95.9 Å². The Morgan fingerprint density at radius 1 is 0.524 bits per heavy atom. The van der Waals surface area contributed by atoms with Gasteiger partial charge in [-0.3, -0.25) is 14.8 Å². The van der Waals surface area contributed by atoms with Crippen molar-refractivity contribution in [2.75, 3.05) is 6.54 Å². The molecular formula is C93H113N7O2S3. The standard InChI is InChI=1S/C13H14.2C11H13N.C10H11NO.2C10H11NS.C10H14.C9H14N2S.C9H12O/c1-10(2)12-8-7-11-5-3-4-6-13(11)9-12;1-8(2)9-3-4-11-10(7-9)5-6-12-11;1-8(2)10-6-9-4-3-5-12-11(9)7-10;1-7(2)9-6-8-4-3-5-11-10(8)12-9;1-7(2)8-3-4-9-10(5-8)12-6-11-9;1-7(2)9-6-8-4-3-5-11-10(8)12-9;1-9(2)8-10-6-4-3-5-7-10;1-6(2)9-11-7-3-4-10-5-8(7)12-9;1-7(2)8-3-5-9(10)6-4-8/h3-10H,1-2H3;3-4,6-8H,5H2,1-2H3;3-6,8H,7H2,1-2H3;3*3-7H,1-2H3;3-7,9H,8H2,1-2H3;6,10H,3-5H2,1-2H3;3-5,7H,6H2,1-2H3. The molecule has 2 aliphatic carbocycles. The Bertz CT molecular complexity index is 4610. The molecule has 16 rings (SSSR count). The maximum absolute atomic E-state index is 10.7. The minimum Gasteiger partial charge on any atom is -0.443 e. The molecule has 7 aromatic heterocycles. The molecule has 0 saturated heterocycles. The number of benzene rings is 5. The minimum absolute atomic E-state index is 0.212. The number of aliphatic imine (C=N–C) groups is 1. The molecule has 12 aromatic rings. The lowest BCUT2D eigenvalue weighted by Crippen LogP contribution is -2.22. The van der Waals surface area contributed by atoms with Gasteiger partial charge in [-0.05, 0) is 158 Å². The maximum Gasteiger partial charge on any atom is 0.226 e. The zero-order valence-corrected chi connectivity index (χ0v) is 68.0. The molecule has 2 aliphatic heterocycles. The summed E-state index contributed by atoms with van der Waals surface area (Å²) in [7, 11) is 0. The van der Waals surface area contributed by atoms with E-state index in [4.69, 9.17) is 4.42 Å². The van der Waals surface area contributed by atoms with Gasteiger partial charge in [0.1, 0.15) is 10.6 Å².